The maximum absolute atomic E-state index is 6.11. The Morgan fingerprint density at radius 2 is 1.58 bits per heavy atom. The number of nitrogens with zero attached hydrogens (tertiary/aromatic N) is 2. The summed E-state index contributed by atoms with van der Waals surface area (Å²) in [4.78, 5) is 0. The highest BCUT2D eigenvalue weighted by Crippen LogP contribution is 2.28. The lowest BCUT2D eigenvalue weighted by Crippen LogP contribution is -1.78. The number of aryl methyl sites for hydroxylation is 1. The molecule has 0 aliphatic rings. The molecule has 3 rings (SSSR count). The zero-order valence-corrected chi connectivity index (χ0v) is 11.1. The Hall–Kier alpha value is -2.13. The molecule has 4 heteroatoms. The summed E-state index contributed by atoms with van der Waals surface area (Å²) < 4.78 is 5.67. The third kappa shape index (κ3) is 2.37. The van der Waals surface area contributed by atoms with Crippen LogP contribution in [0.3, 0.4) is 0 Å². The van der Waals surface area contributed by atoms with Gasteiger partial charge in [0.15, 0.2) is 0 Å². The second-order valence-electron chi connectivity index (χ2n) is 4.26. The van der Waals surface area contributed by atoms with Crippen molar-refractivity contribution in [2.24, 2.45) is 0 Å². The quantitative estimate of drug-likeness (QED) is 0.694. The van der Waals surface area contributed by atoms with Gasteiger partial charge in [0.2, 0.25) is 11.8 Å². The smallest absolute Gasteiger partial charge is 0.249 e. The van der Waals surface area contributed by atoms with Crippen molar-refractivity contribution in [3.05, 3.63) is 59.1 Å². The number of hydrogen-bond donors (Lipinski definition) is 0. The maximum Gasteiger partial charge on any atom is 0.249 e. The molecule has 0 saturated carbocycles. The monoisotopic (exact) mass is 270 g/mol. The standard InChI is InChI=1S/C15H11ClN2O/c1-10-6-8-11(9-7-10)14-17-18-15(19-14)12-4-2-3-5-13(12)16/h2-9H,1H3. The van der Waals surface area contributed by atoms with Gasteiger partial charge < -0.3 is 4.42 Å². The van der Waals surface area contributed by atoms with E-state index in [0.29, 0.717) is 16.8 Å². The Balaban J connectivity index is 2.00. The molecule has 94 valence electrons. The maximum atomic E-state index is 6.11. The molecule has 2 aromatic carbocycles. The highest BCUT2D eigenvalue weighted by Gasteiger charge is 2.12. The molecule has 0 aliphatic carbocycles. The van der Waals surface area contributed by atoms with E-state index in [-0.39, 0.29) is 0 Å². The summed E-state index contributed by atoms with van der Waals surface area (Å²) in [7, 11) is 0. The van der Waals surface area contributed by atoms with E-state index >= 15 is 0 Å². The Morgan fingerprint density at radius 1 is 0.895 bits per heavy atom. The lowest BCUT2D eigenvalue weighted by atomic mass is 10.1. The zero-order valence-electron chi connectivity index (χ0n) is 10.3. The third-order valence-corrected chi connectivity index (χ3v) is 3.16. The van der Waals surface area contributed by atoms with Gasteiger partial charge in [0.05, 0.1) is 10.6 Å². The normalized spacial score (nSPS) is 10.6. The van der Waals surface area contributed by atoms with E-state index in [1.54, 1.807) is 6.07 Å². The summed E-state index contributed by atoms with van der Waals surface area (Å²) in [6, 6.07) is 15.3. The van der Waals surface area contributed by atoms with Crippen LogP contribution in [0.2, 0.25) is 5.02 Å². The van der Waals surface area contributed by atoms with Crippen LogP contribution < -0.4 is 0 Å². The summed E-state index contributed by atoms with van der Waals surface area (Å²) in [6.45, 7) is 2.03. The molecule has 0 fully saturated rings. The highest BCUT2D eigenvalue weighted by molar-refractivity contribution is 6.33. The molecule has 0 saturated heterocycles. The molecule has 1 heterocycles. The summed E-state index contributed by atoms with van der Waals surface area (Å²) >= 11 is 6.11. The topological polar surface area (TPSA) is 38.9 Å². The highest BCUT2D eigenvalue weighted by atomic mass is 35.5. The van der Waals surface area contributed by atoms with Crippen molar-refractivity contribution in [3.63, 3.8) is 0 Å². The fourth-order valence-electron chi connectivity index (χ4n) is 1.78. The van der Waals surface area contributed by atoms with Gasteiger partial charge in [-0.15, -0.1) is 10.2 Å². The third-order valence-electron chi connectivity index (χ3n) is 2.83. The second-order valence-corrected chi connectivity index (χ2v) is 4.67. The van der Waals surface area contributed by atoms with Gasteiger partial charge in [0, 0.05) is 5.56 Å². The first-order valence-electron chi connectivity index (χ1n) is 5.89. The molecule has 0 aliphatic heterocycles. The molecule has 0 radical (unpaired) electrons. The number of rotatable bonds is 2. The van der Waals surface area contributed by atoms with Crippen molar-refractivity contribution in [2.75, 3.05) is 0 Å². The van der Waals surface area contributed by atoms with Gasteiger partial charge in [0.1, 0.15) is 0 Å². The fraction of sp³-hybridized carbons (Fsp3) is 0.0667. The second kappa shape index (κ2) is 4.86. The Bertz CT molecular complexity index is 704. The van der Waals surface area contributed by atoms with Crippen LogP contribution in [0.25, 0.3) is 22.9 Å². The van der Waals surface area contributed by atoms with Gasteiger partial charge in [-0.05, 0) is 31.2 Å². The van der Waals surface area contributed by atoms with Crippen LogP contribution >= 0.6 is 11.6 Å². The average Bonchev–Trinajstić information content (AvgIpc) is 2.89. The van der Waals surface area contributed by atoms with Crippen LogP contribution in [-0.4, -0.2) is 10.2 Å². The van der Waals surface area contributed by atoms with Crippen molar-refractivity contribution >= 4 is 11.6 Å². The first-order chi connectivity index (χ1) is 9.24. The number of hydrogen-bond acceptors (Lipinski definition) is 3. The van der Waals surface area contributed by atoms with Crippen molar-refractivity contribution in [1.29, 1.82) is 0 Å². The lowest BCUT2D eigenvalue weighted by Gasteiger charge is -1.97. The molecule has 1 aromatic heterocycles. The number of benzene rings is 2. The summed E-state index contributed by atoms with van der Waals surface area (Å²) in [5.41, 5.74) is 2.83. The Morgan fingerprint density at radius 3 is 2.32 bits per heavy atom. The van der Waals surface area contributed by atoms with Crippen LogP contribution in [-0.2, 0) is 0 Å². The van der Waals surface area contributed by atoms with E-state index in [9.17, 15) is 0 Å². The molecule has 0 spiro atoms. The molecule has 3 aromatic rings. The number of aromatic nitrogens is 2. The van der Waals surface area contributed by atoms with E-state index in [1.165, 1.54) is 5.56 Å². The van der Waals surface area contributed by atoms with Gasteiger partial charge in [-0.3, -0.25) is 0 Å². The Labute approximate surface area is 115 Å². The number of halogens is 1. The van der Waals surface area contributed by atoms with E-state index in [2.05, 4.69) is 10.2 Å². The van der Waals surface area contributed by atoms with Crippen LogP contribution in [0.1, 0.15) is 5.56 Å². The lowest BCUT2D eigenvalue weighted by molar-refractivity contribution is 0.584. The molecule has 3 nitrogen and oxygen atoms in total. The first-order valence-corrected chi connectivity index (χ1v) is 6.27. The van der Waals surface area contributed by atoms with E-state index in [1.807, 2.05) is 49.4 Å². The molecule has 0 bridgehead atoms. The molecule has 0 atom stereocenters. The predicted molar refractivity (Wildman–Crippen MR) is 74.9 cm³/mol. The fourth-order valence-corrected chi connectivity index (χ4v) is 2.00. The molecule has 0 N–H and O–H groups in total. The minimum absolute atomic E-state index is 0.432. The molecule has 0 amide bonds. The van der Waals surface area contributed by atoms with Crippen LogP contribution in [0, 0.1) is 6.92 Å². The average molecular weight is 271 g/mol. The van der Waals surface area contributed by atoms with E-state index in [0.717, 1.165) is 11.1 Å². The molecule has 19 heavy (non-hydrogen) atoms. The van der Waals surface area contributed by atoms with Crippen LogP contribution in [0.4, 0.5) is 0 Å². The minimum atomic E-state index is 0.432. The summed E-state index contributed by atoms with van der Waals surface area (Å²) in [5.74, 6) is 0.927. The SMILES string of the molecule is Cc1ccc(-c2nnc(-c3ccccc3Cl)o2)cc1. The van der Waals surface area contributed by atoms with Crippen molar-refractivity contribution in [3.8, 4) is 22.9 Å². The van der Waals surface area contributed by atoms with Gasteiger partial charge in [-0.2, -0.15) is 0 Å². The summed E-state index contributed by atoms with van der Waals surface area (Å²) in [6.07, 6.45) is 0. The van der Waals surface area contributed by atoms with Gasteiger partial charge in [-0.1, -0.05) is 41.4 Å². The van der Waals surface area contributed by atoms with Crippen molar-refractivity contribution < 1.29 is 4.42 Å². The predicted octanol–water partition coefficient (Wildman–Crippen LogP) is 4.37. The first kappa shape index (κ1) is 11.9. The largest absolute Gasteiger partial charge is 0.416 e. The molecule has 0 unspecified atom stereocenters. The zero-order chi connectivity index (χ0) is 13.2. The van der Waals surface area contributed by atoms with Crippen molar-refractivity contribution in [2.45, 2.75) is 6.92 Å². The van der Waals surface area contributed by atoms with Crippen LogP contribution in [0.5, 0.6) is 0 Å². The molecular weight excluding hydrogens is 260 g/mol. The van der Waals surface area contributed by atoms with Gasteiger partial charge >= 0.3 is 0 Å². The van der Waals surface area contributed by atoms with Crippen molar-refractivity contribution in [1.82, 2.24) is 10.2 Å². The van der Waals surface area contributed by atoms with E-state index in [4.69, 9.17) is 16.0 Å². The van der Waals surface area contributed by atoms with Crippen LogP contribution in [0.15, 0.2) is 52.9 Å². The summed E-state index contributed by atoms with van der Waals surface area (Å²) in [5, 5.41) is 8.70. The van der Waals surface area contributed by atoms with Gasteiger partial charge in [0.25, 0.3) is 0 Å². The van der Waals surface area contributed by atoms with E-state index < -0.39 is 0 Å². The van der Waals surface area contributed by atoms with Gasteiger partial charge in [-0.25, -0.2) is 0 Å². The Kier molecular flexibility index (Phi) is 3.05. The minimum Gasteiger partial charge on any atom is -0.416 e. The molecular formula is C15H11ClN2O.